The van der Waals surface area contributed by atoms with Gasteiger partial charge in [-0.1, -0.05) is 26.7 Å². The molecule has 12 heavy (non-hydrogen) atoms. The van der Waals surface area contributed by atoms with Gasteiger partial charge < -0.3 is 4.90 Å². The summed E-state index contributed by atoms with van der Waals surface area (Å²) in [5, 5.41) is 0. The monoisotopic (exact) mass is 169 g/mol. The van der Waals surface area contributed by atoms with E-state index in [2.05, 4.69) is 13.8 Å². The minimum atomic E-state index is 0.541. The maximum atomic E-state index is 10.5. The van der Waals surface area contributed by atoms with Crippen molar-refractivity contribution in [2.24, 2.45) is 5.41 Å². The van der Waals surface area contributed by atoms with E-state index in [1.165, 1.54) is 25.7 Å². The van der Waals surface area contributed by atoms with Gasteiger partial charge in [-0.05, 0) is 18.3 Å². The normalized spacial score (nSPS) is 22.3. The minimum absolute atomic E-state index is 0.541. The Balaban J connectivity index is 2.47. The Morgan fingerprint density at radius 2 is 1.75 bits per heavy atom. The van der Waals surface area contributed by atoms with Crippen molar-refractivity contribution >= 4 is 6.41 Å². The maximum absolute atomic E-state index is 10.5. The fourth-order valence-electron chi connectivity index (χ4n) is 2.06. The van der Waals surface area contributed by atoms with Crippen LogP contribution in [0.4, 0.5) is 0 Å². The van der Waals surface area contributed by atoms with Crippen molar-refractivity contribution in [2.75, 3.05) is 13.1 Å². The van der Waals surface area contributed by atoms with Gasteiger partial charge in [0.05, 0.1) is 0 Å². The molecule has 0 aromatic rings. The number of likely N-dealkylation sites (tertiary alicyclic amines) is 1. The molecule has 0 aromatic heterocycles. The Kier molecular flexibility index (Phi) is 3.12. The van der Waals surface area contributed by atoms with Gasteiger partial charge in [0.1, 0.15) is 0 Å². The molecule has 1 heterocycles. The molecule has 1 fully saturated rings. The van der Waals surface area contributed by atoms with Crippen molar-refractivity contribution in [1.82, 2.24) is 4.90 Å². The number of amides is 1. The Morgan fingerprint density at radius 3 is 2.08 bits per heavy atom. The minimum Gasteiger partial charge on any atom is -0.345 e. The lowest BCUT2D eigenvalue weighted by Crippen LogP contribution is -2.38. The zero-order valence-corrected chi connectivity index (χ0v) is 8.18. The fourth-order valence-corrected chi connectivity index (χ4v) is 2.06. The van der Waals surface area contributed by atoms with Gasteiger partial charge in [-0.2, -0.15) is 0 Å². The molecule has 0 saturated carbocycles. The molecule has 0 radical (unpaired) electrons. The van der Waals surface area contributed by atoms with Gasteiger partial charge in [-0.25, -0.2) is 0 Å². The fraction of sp³-hybridized carbons (Fsp3) is 0.900. The van der Waals surface area contributed by atoms with Gasteiger partial charge in [0.25, 0.3) is 0 Å². The second-order valence-electron chi connectivity index (χ2n) is 3.85. The predicted octanol–water partition coefficient (Wildman–Crippen LogP) is 2.04. The summed E-state index contributed by atoms with van der Waals surface area (Å²) in [6.45, 7) is 6.45. The van der Waals surface area contributed by atoms with Crippen molar-refractivity contribution in [1.29, 1.82) is 0 Å². The van der Waals surface area contributed by atoms with Crippen LogP contribution in [-0.2, 0) is 4.79 Å². The van der Waals surface area contributed by atoms with Gasteiger partial charge in [0, 0.05) is 13.1 Å². The summed E-state index contributed by atoms with van der Waals surface area (Å²) in [6.07, 6.45) is 5.89. The van der Waals surface area contributed by atoms with Crippen molar-refractivity contribution in [2.45, 2.75) is 39.5 Å². The zero-order chi connectivity index (χ0) is 9.03. The highest BCUT2D eigenvalue weighted by molar-refractivity contribution is 5.47. The van der Waals surface area contributed by atoms with Gasteiger partial charge in [0.15, 0.2) is 0 Å². The first-order valence-corrected chi connectivity index (χ1v) is 4.95. The van der Waals surface area contributed by atoms with Crippen LogP contribution in [-0.4, -0.2) is 24.4 Å². The first-order chi connectivity index (χ1) is 5.76. The van der Waals surface area contributed by atoms with E-state index in [4.69, 9.17) is 0 Å². The van der Waals surface area contributed by atoms with E-state index in [1.807, 2.05) is 4.90 Å². The molecule has 0 aromatic carbocycles. The van der Waals surface area contributed by atoms with Crippen LogP contribution >= 0.6 is 0 Å². The Hall–Kier alpha value is -0.530. The number of piperidine rings is 1. The highest BCUT2D eigenvalue weighted by Crippen LogP contribution is 2.37. The summed E-state index contributed by atoms with van der Waals surface area (Å²) in [5.41, 5.74) is 0.541. The highest BCUT2D eigenvalue weighted by atomic mass is 16.1. The van der Waals surface area contributed by atoms with Crippen LogP contribution in [0.5, 0.6) is 0 Å². The molecule has 1 aliphatic heterocycles. The molecule has 1 aliphatic rings. The zero-order valence-electron chi connectivity index (χ0n) is 8.18. The maximum Gasteiger partial charge on any atom is 0.209 e. The van der Waals surface area contributed by atoms with E-state index in [0.29, 0.717) is 5.41 Å². The third-order valence-electron chi connectivity index (χ3n) is 3.51. The van der Waals surface area contributed by atoms with Crippen LogP contribution in [0.15, 0.2) is 0 Å². The van der Waals surface area contributed by atoms with Crippen LogP contribution in [0.25, 0.3) is 0 Å². The van der Waals surface area contributed by atoms with E-state index in [1.54, 1.807) is 0 Å². The standard InChI is InChI=1S/C10H19NO/c1-3-10(4-2)5-7-11(9-12)8-6-10/h9H,3-8H2,1-2H3. The SMILES string of the molecule is CCC1(CC)CCN(C=O)CC1. The number of rotatable bonds is 3. The molecular weight excluding hydrogens is 150 g/mol. The first kappa shape index (κ1) is 9.56. The second kappa shape index (κ2) is 3.92. The molecule has 0 unspecified atom stereocenters. The molecular formula is C10H19NO. The molecule has 70 valence electrons. The Labute approximate surface area is 74.9 Å². The Morgan fingerprint density at radius 1 is 1.25 bits per heavy atom. The van der Waals surface area contributed by atoms with Crippen LogP contribution in [0.1, 0.15) is 39.5 Å². The third kappa shape index (κ3) is 1.79. The second-order valence-corrected chi connectivity index (χ2v) is 3.85. The number of hydrogen-bond acceptors (Lipinski definition) is 1. The summed E-state index contributed by atoms with van der Waals surface area (Å²) in [4.78, 5) is 12.4. The summed E-state index contributed by atoms with van der Waals surface area (Å²) in [7, 11) is 0. The van der Waals surface area contributed by atoms with E-state index in [9.17, 15) is 4.79 Å². The molecule has 0 N–H and O–H groups in total. The summed E-state index contributed by atoms with van der Waals surface area (Å²) < 4.78 is 0. The molecule has 0 spiro atoms. The van der Waals surface area contributed by atoms with Gasteiger partial charge in [-0.3, -0.25) is 4.79 Å². The molecule has 0 bridgehead atoms. The average Bonchev–Trinajstić information content (AvgIpc) is 2.18. The van der Waals surface area contributed by atoms with Gasteiger partial charge >= 0.3 is 0 Å². The summed E-state index contributed by atoms with van der Waals surface area (Å²) >= 11 is 0. The van der Waals surface area contributed by atoms with Crippen molar-refractivity contribution in [3.8, 4) is 0 Å². The Bertz CT molecular complexity index is 142. The predicted molar refractivity (Wildman–Crippen MR) is 49.9 cm³/mol. The van der Waals surface area contributed by atoms with Crippen LogP contribution < -0.4 is 0 Å². The van der Waals surface area contributed by atoms with Crippen LogP contribution in [0.2, 0.25) is 0 Å². The van der Waals surface area contributed by atoms with Crippen molar-refractivity contribution in [3.63, 3.8) is 0 Å². The van der Waals surface area contributed by atoms with Gasteiger partial charge in [-0.15, -0.1) is 0 Å². The molecule has 2 heteroatoms. The third-order valence-corrected chi connectivity index (χ3v) is 3.51. The number of carbonyl (C=O) groups is 1. The quantitative estimate of drug-likeness (QED) is 0.592. The lowest BCUT2D eigenvalue weighted by atomic mass is 9.74. The number of nitrogens with zero attached hydrogens (tertiary/aromatic N) is 1. The molecule has 1 rings (SSSR count). The van der Waals surface area contributed by atoms with Crippen molar-refractivity contribution < 1.29 is 4.79 Å². The molecule has 0 aliphatic carbocycles. The molecule has 2 nitrogen and oxygen atoms in total. The summed E-state index contributed by atoms with van der Waals surface area (Å²) in [5.74, 6) is 0. The van der Waals surface area contributed by atoms with E-state index in [0.717, 1.165) is 19.5 Å². The van der Waals surface area contributed by atoms with Crippen molar-refractivity contribution in [3.05, 3.63) is 0 Å². The lowest BCUT2D eigenvalue weighted by molar-refractivity contribution is -0.120. The topological polar surface area (TPSA) is 20.3 Å². The number of carbonyl (C=O) groups excluding carboxylic acids is 1. The lowest BCUT2D eigenvalue weighted by Gasteiger charge is -2.39. The van der Waals surface area contributed by atoms with Crippen LogP contribution in [0.3, 0.4) is 0 Å². The van der Waals surface area contributed by atoms with E-state index in [-0.39, 0.29) is 0 Å². The molecule has 0 atom stereocenters. The van der Waals surface area contributed by atoms with E-state index >= 15 is 0 Å². The van der Waals surface area contributed by atoms with Crippen LogP contribution in [0, 0.1) is 5.41 Å². The highest BCUT2D eigenvalue weighted by Gasteiger charge is 2.30. The summed E-state index contributed by atoms with van der Waals surface area (Å²) in [6, 6.07) is 0. The molecule has 1 saturated heterocycles. The first-order valence-electron chi connectivity index (χ1n) is 4.95. The van der Waals surface area contributed by atoms with E-state index < -0.39 is 0 Å². The van der Waals surface area contributed by atoms with Gasteiger partial charge in [0.2, 0.25) is 6.41 Å². The molecule has 1 amide bonds. The smallest absolute Gasteiger partial charge is 0.209 e. The largest absolute Gasteiger partial charge is 0.345 e. The number of hydrogen-bond donors (Lipinski definition) is 0. The average molecular weight is 169 g/mol.